The zero-order valence-electron chi connectivity index (χ0n) is 11.6. The lowest BCUT2D eigenvalue weighted by Crippen LogP contribution is -2.40. The predicted molar refractivity (Wildman–Crippen MR) is 71.9 cm³/mol. The summed E-state index contributed by atoms with van der Waals surface area (Å²) in [6.07, 6.45) is 4.92. The third kappa shape index (κ3) is 6.01. The quantitative estimate of drug-likeness (QED) is 0.424. The first kappa shape index (κ1) is 16.6. The van der Waals surface area contributed by atoms with Gasteiger partial charge in [-0.05, 0) is 26.2 Å². The molecule has 0 aromatic heterocycles. The van der Waals surface area contributed by atoms with Gasteiger partial charge in [0.15, 0.2) is 0 Å². The van der Waals surface area contributed by atoms with Crippen LogP contribution in [0.4, 0.5) is 0 Å². The van der Waals surface area contributed by atoms with Gasteiger partial charge in [0.05, 0.1) is 13.2 Å². The normalized spacial score (nSPS) is 29.2. The molecule has 0 aromatic carbocycles. The molecule has 0 aromatic rings. The maximum atomic E-state index is 9.78. The molecule has 5 heteroatoms. The first-order chi connectivity index (χ1) is 9.16. The topological polar surface area (TPSA) is 79.2 Å². The van der Waals surface area contributed by atoms with Crippen molar-refractivity contribution in [1.29, 1.82) is 0 Å². The van der Waals surface area contributed by atoms with Crippen LogP contribution in [0, 0.1) is 0 Å². The molecular weight excluding hydrogens is 248 g/mol. The van der Waals surface area contributed by atoms with E-state index in [0.717, 1.165) is 25.7 Å². The molecule has 0 amide bonds. The zero-order chi connectivity index (χ0) is 14.1. The summed E-state index contributed by atoms with van der Waals surface area (Å²) in [4.78, 5) is 0. The second-order valence-corrected chi connectivity index (χ2v) is 4.92. The van der Waals surface area contributed by atoms with Gasteiger partial charge in [0.1, 0.15) is 24.4 Å². The van der Waals surface area contributed by atoms with E-state index in [4.69, 9.17) is 9.47 Å². The van der Waals surface area contributed by atoms with E-state index in [2.05, 4.69) is 6.08 Å². The molecule has 1 fully saturated rings. The van der Waals surface area contributed by atoms with Crippen LogP contribution in [0.15, 0.2) is 12.2 Å². The first-order valence-corrected chi connectivity index (χ1v) is 7.01. The minimum absolute atomic E-state index is 0.0633. The lowest BCUT2D eigenvalue weighted by Gasteiger charge is -2.20. The van der Waals surface area contributed by atoms with Crippen molar-refractivity contribution < 1.29 is 24.8 Å². The van der Waals surface area contributed by atoms with Crippen molar-refractivity contribution in [2.24, 2.45) is 0 Å². The highest BCUT2D eigenvalue weighted by molar-refractivity contribution is 4.87. The SMILES string of the molecule is C/C=C/CCCCCOC[C@@H](O)[C@H]1OC[C@H](O)[C@H]1O. The molecule has 1 aliphatic rings. The molecule has 0 radical (unpaired) electrons. The van der Waals surface area contributed by atoms with E-state index in [-0.39, 0.29) is 13.2 Å². The third-order valence-corrected chi connectivity index (χ3v) is 3.25. The van der Waals surface area contributed by atoms with Gasteiger partial charge < -0.3 is 24.8 Å². The van der Waals surface area contributed by atoms with Crippen LogP contribution in [0.25, 0.3) is 0 Å². The second kappa shape index (κ2) is 9.44. The highest BCUT2D eigenvalue weighted by atomic mass is 16.5. The average molecular weight is 274 g/mol. The van der Waals surface area contributed by atoms with Crippen molar-refractivity contribution in [2.45, 2.75) is 57.0 Å². The van der Waals surface area contributed by atoms with Crippen LogP contribution in [0.5, 0.6) is 0 Å². The van der Waals surface area contributed by atoms with Crippen LogP contribution >= 0.6 is 0 Å². The van der Waals surface area contributed by atoms with Gasteiger partial charge in [-0.3, -0.25) is 0 Å². The van der Waals surface area contributed by atoms with Crippen LogP contribution in [-0.2, 0) is 9.47 Å². The molecule has 0 spiro atoms. The fourth-order valence-corrected chi connectivity index (χ4v) is 2.07. The number of hydrogen-bond donors (Lipinski definition) is 3. The largest absolute Gasteiger partial charge is 0.388 e. The first-order valence-electron chi connectivity index (χ1n) is 7.01. The molecule has 4 atom stereocenters. The summed E-state index contributed by atoms with van der Waals surface area (Å²) >= 11 is 0. The number of aliphatic hydroxyl groups excluding tert-OH is 3. The summed E-state index contributed by atoms with van der Waals surface area (Å²) in [6.45, 7) is 2.80. The van der Waals surface area contributed by atoms with Gasteiger partial charge in [-0.2, -0.15) is 0 Å². The number of hydrogen-bond acceptors (Lipinski definition) is 5. The van der Waals surface area contributed by atoms with Crippen molar-refractivity contribution in [1.82, 2.24) is 0 Å². The Morgan fingerprint density at radius 3 is 2.74 bits per heavy atom. The minimum atomic E-state index is -1.03. The van der Waals surface area contributed by atoms with Crippen molar-refractivity contribution in [2.75, 3.05) is 19.8 Å². The van der Waals surface area contributed by atoms with Gasteiger partial charge in [0, 0.05) is 6.61 Å². The van der Waals surface area contributed by atoms with Gasteiger partial charge in [-0.1, -0.05) is 18.6 Å². The summed E-state index contributed by atoms with van der Waals surface area (Å²) in [5.41, 5.74) is 0. The Kier molecular flexibility index (Phi) is 8.25. The van der Waals surface area contributed by atoms with Crippen LogP contribution in [0.3, 0.4) is 0 Å². The Morgan fingerprint density at radius 2 is 2.11 bits per heavy atom. The molecule has 0 bridgehead atoms. The lowest BCUT2D eigenvalue weighted by molar-refractivity contribution is -0.0813. The molecular formula is C14H26O5. The smallest absolute Gasteiger partial charge is 0.114 e. The number of allylic oxidation sites excluding steroid dienone is 2. The Labute approximate surface area is 114 Å². The van der Waals surface area contributed by atoms with E-state index in [1.54, 1.807) is 0 Å². The second-order valence-electron chi connectivity index (χ2n) is 4.92. The van der Waals surface area contributed by atoms with Gasteiger partial charge >= 0.3 is 0 Å². The van der Waals surface area contributed by atoms with E-state index in [1.807, 2.05) is 13.0 Å². The van der Waals surface area contributed by atoms with Crippen LogP contribution in [0.2, 0.25) is 0 Å². The van der Waals surface area contributed by atoms with Crippen LogP contribution < -0.4 is 0 Å². The summed E-state index contributed by atoms with van der Waals surface area (Å²) in [7, 11) is 0. The van der Waals surface area contributed by atoms with Gasteiger partial charge in [0.2, 0.25) is 0 Å². The van der Waals surface area contributed by atoms with Crippen LogP contribution in [0.1, 0.15) is 32.6 Å². The Hall–Kier alpha value is -0.460. The zero-order valence-corrected chi connectivity index (χ0v) is 11.6. The van der Waals surface area contributed by atoms with E-state index < -0.39 is 24.4 Å². The molecule has 0 aliphatic carbocycles. The van der Waals surface area contributed by atoms with Crippen molar-refractivity contribution in [3.63, 3.8) is 0 Å². The molecule has 1 aliphatic heterocycles. The van der Waals surface area contributed by atoms with Crippen molar-refractivity contribution in [3.8, 4) is 0 Å². The summed E-state index contributed by atoms with van der Waals surface area (Å²) in [5, 5.41) is 28.6. The monoisotopic (exact) mass is 274 g/mol. The summed E-state index contributed by atoms with van der Waals surface area (Å²) < 4.78 is 10.5. The molecule has 5 nitrogen and oxygen atoms in total. The molecule has 0 saturated carbocycles. The predicted octanol–water partition coefficient (Wildman–Crippen LogP) is 0.621. The molecule has 0 unspecified atom stereocenters. The number of aliphatic hydroxyl groups is 3. The number of ether oxygens (including phenoxy) is 2. The number of unbranched alkanes of at least 4 members (excludes halogenated alkanes) is 3. The van der Waals surface area contributed by atoms with Crippen molar-refractivity contribution in [3.05, 3.63) is 12.2 Å². The van der Waals surface area contributed by atoms with E-state index in [9.17, 15) is 15.3 Å². The molecule has 3 N–H and O–H groups in total. The van der Waals surface area contributed by atoms with E-state index >= 15 is 0 Å². The fraction of sp³-hybridized carbons (Fsp3) is 0.857. The molecule has 112 valence electrons. The maximum Gasteiger partial charge on any atom is 0.114 e. The van der Waals surface area contributed by atoms with E-state index in [1.165, 1.54) is 0 Å². The fourth-order valence-electron chi connectivity index (χ4n) is 2.07. The van der Waals surface area contributed by atoms with Gasteiger partial charge in [-0.25, -0.2) is 0 Å². The molecule has 1 saturated heterocycles. The molecule has 1 rings (SSSR count). The van der Waals surface area contributed by atoms with Gasteiger partial charge in [-0.15, -0.1) is 0 Å². The third-order valence-electron chi connectivity index (χ3n) is 3.25. The lowest BCUT2D eigenvalue weighted by atomic mass is 10.1. The summed E-state index contributed by atoms with van der Waals surface area (Å²) in [5.74, 6) is 0. The van der Waals surface area contributed by atoms with Gasteiger partial charge in [0.25, 0.3) is 0 Å². The maximum absolute atomic E-state index is 9.78. The standard InChI is InChI=1S/C14H26O5/c1-2-3-4-5-6-7-8-18-9-12(16)14-13(17)11(15)10-19-14/h2-3,11-17H,4-10H2,1H3/b3-2+/t11-,12+,13+,14+/m0/s1. The molecule has 1 heterocycles. The van der Waals surface area contributed by atoms with Crippen molar-refractivity contribution >= 4 is 0 Å². The molecule has 19 heavy (non-hydrogen) atoms. The Balaban J connectivity index is 2.00. The minimum Gasteiger partial charge on any atom is -0.388 e. The average Bonchev–Trinajstić information content (AvgIpc) is 2.73. The highest BCUT2D eigenvalue weighted by Crippen LogP contribution is 2.17. The van der Waals surface area contributed by atoms with Crippen LogP contribution in [-0.4, -0.2) is 59.6 Å². The summed E-state index contributed by atoms with van der Waals surface area (Å²) in [6, 6.07) is 0. The van der Waals surface area contributed by atoms with E-state index in [0.29, 0.717) is 6.61 Å². The highest BCUT2D eigenvalue weighted by Gasteiger charge is 2.39. The Morgan fingerprint density at radius 1 is 1.32 bits per heavy atom. The Bertz CT molecular complexity index is 256. The number of rotatable bonds is 9.